The average molecular weight is 231 g/mol. The van der Waals surface area contributed by atoms with Gasteiger partial charge in [0.15, 0.2) is 0 Å². The van der Waals surface area contributed by atoms with Crippen LogP contribution in [0.25, 0.3) is 0 Å². The minimum atomic E-state index is -0.572. The molecule has 0 saturated carbocycles. The summed E-state index contributed by atoms with van der Waals surface area (Å²) in [7, 11) is 0. The van der Waals surface area contributed by atoms with Gasteiger partial charge in [0.05, 0.1) is 0 Å². The maximum atomic E-state index is 11.6. The van der Waals surface area contributed by atoms with E-state index in [9.17, 15) is 4.79 Å². The van der Waals surface area contributed by atoms with Crippen molar-refractivity contribution in [2.24, 2.45) is 5.73 Å². The lowest BCUT2D eigenvalue weighted by atomic mass is 10.2. The third-order valence-electron chi connectivity index (χ3n) is 1.65. The molecule has 0 aromatic heterocycles. The Morgan fingerprint density at radius 2 is 2.20 bits per heavy atom. The maximum Gasteiger partial charge on any atom is 0.415 e. The molecule has 4 nitrogen and oxygen atoms in total. The van der Waals surface area contributed by atoms with Gasteiger partial charge in [-0.2, -0.15) is 0 Å². The highest BCUT2D eigenvalue weighted by molar-refractivity contribution is 6.31. The SMILES string of the molecule is CC(C)(C)OC(=O)N1C=CC(Cl)=CC1N. The zero-order valence-corrected chi connectivity index (χ0v) is 9.78. The smallest absolute Gasteiger partial charge is 0.415 e. The van der Waals surface area contributed by atoms with Gasteiger partial charge in [-0.3, -0.25) is 4.90 Å². The van der Waals surface area contributed by atoms with Gasteiger partial charge in [0, 0.05) is 11.2 Å². The number of rotatable bonds is 0. The van der Waals surface area contributed by atoms with Crippen LogP contribution >= 0.6 is 11.6 Å². The number of amides is 1. The number of ether oxygens (including phenoxy) is 1. The third-order valence-corrected chi connectivity index (χ3v) is 1.90. The van der Waals surface area contributed by atoms with E-state index in [1.54, 1.807) is 32.9 Å². The Balaban J connectivity index is 2.67. The second kappa shape index (κ2) is 4.24. The van der Waals surface area contributed by atoms with E-state index in [2.05, 4.69) is 0 Å². The molecule has 0 fully saturated rings. The molecule has 0 spiro atoms. The molecule has 1 atom stereocenters. The molecule has 1 aliphatic rings. The van der Waals surface area contributed by atoms with Crippen LogP contribution in [0.1, 0.15) is 20.8 Å². The molecule has 0 aromatic rings. The van der Waals surface area contributed by atoms with Gasteiger partial charge >= 0.3 is 6.09 Å². The number of halogens is 1. The summed E-state index contributed by atoms with van der Waals surface area (Å²) < 4.78 is 5.17. The first kappa shape index (κ1) is 12.1. The molecular formula is C10H15ClN2O2. The zero-order chi connectivity index (χ0) is 11.6. The highest BCUT2D eigenvalue weighted by atomic mass is 35.5. The normalized spacial score (nSPS) is 21.3. The number of carbonyl (C=O) groups is 1. The molecule has 2 N–H and O–H groups in total. The van der Waals surface area contributed by atoms with Crippen molar-refractivity contribution in [2.75, 3.05) is 0 Å². The summed E-state index contributed by atoms with van der Waals surface area (Å²) in [6.07, 6.45) is 3.63. The number of carbonyl (C=O) groups excluding carboxylic acids is 1. The lowest BCUT2D eigenvalue weighted by Crippen LogP contribution is -2.44. The Bertz CT molecular complexity index is 318. The van der Waals surface area contributed by atoms with Crippen molar-refractivity contribution < 1.29 is 9.53 Å². The standard InChI is InChI=1S/C10H15ClN2O2/c1-10(2,3)15-9(14)13-5-4-7(11)6-8(13)12/h4-6,8H,12H2,1-3H3. The third kappa shape index (κ3) is 3.57. The first-order valence-electron chi connectivity index (χ1n) is 4.62. The van der Waals surface area contributed by atoms with E-state index < -0.39 is 17.9 Å². The van der Waals surface area contributed by atoms with Crippen LogP contribution in [0.2, 0.25) is 0 Å². The molecule has 1 rings (SSSR count). The molecule has 1 heterocycles. The van der Waals surface area contributed by atoms with Crippen molar-refractivity contribution in [1.29, 1.82) is 0 Å². The monoisotopic (exact) mass is 230 g/mol. The molecule has 0 saturated heterocycles. The van der Waals surface area contributed by atoms with E-state index in [0.29, 0.717) is 5.03 Å². The first-order chi connectivity index (χ1) is 6.79. The van der Waals surface area contributed by atoms with Crippen molar-refractivity contribution in [1.82, 2.24) is 4.90 Å². The fraction of sp³-hybridized carbons (Fsp3) is 0.500. The summed E-state index contributed by atoms with van der Waals surface area (Å²) in [4.78, 5) is 12.9. The fourth-order valence-corrected chi connectivity index (χ4v) is 1.23. The van der Waals surface area contributed by atoms with Crippen molar-refractivity contribution in [3.8, 4) is 0 Å². The molecule has 1 aliphatic heterocycles. The molecular weight excluding hydrogens is 216 g/mol. The lowest BCUT2D eigenvalue weighted by Gasteiger charge is -2.29. The summed E-state index contributed by atoms with van der Waals surface area (Å²) in [5.74, 6) is 0. The lowest BCUT2D eigenvalue weighted by molar-refractivity contribution is 0.0298. The fourth-order valence-electron chi connectivity index (χ4n) is 1.05. The summed E-state index contributed by atoms with van der Waals surface area (Å²) in [6, 6.07) is 0. The number of hydrogen-bond donors (Lipinski definition) is 1. The molecule has 0 aromatic carbocycles. The van der Waals surface area contributed by atoms with E-state index in [4.69, 9.17) is 22.1 Å². The quantitative estimate of drug-likeness (QED) is 0.694. The minimum absolute atomic E-state index is 0.480. The van der Waals surface area contributed by atoms with Crippen LogP contribution in [0.3, 0.4) is 0 Å². The molecule has 15 heavy (non-hydrogen) atoms. The van der Waals surface area contributed by atoms with E-state index >= 15 is 0 Å². The van der Waals surface area contributed by atoms with E-state index in [0.717, 1.165) is 0 Å². The molecule has 1 unspecified atom stereocenters. The van der Waals surface area contributed by atoms with Crippen LogP contribution in [-0.4, -0.2) is 22.8 Å². The predicted octanol–water partition coefficient (Wildman–Crippen LogP) is 2.16. The molecule has 0 aliphatic carbocycles. The Hall–Kier alpha value is -1.00. The van der Waals surface area contributed by atoms with Gasteiger partial charge in [-0.05, 0) is 32.9 Å². The highest BCUT2D eigenvalue weighted by Crippen LogP contribution is 2.17. The Morgan fingerprint density at radius 3 is 2.67 bits per heavy atom. The minimum Gasteiger partial charge on any atom is -0.443 e. The molecule has 5 heteroatoms. The summed E-state index contributed by atoms with van der Waals surface area (Å²) in [6.45, 7) is 5.40. The van der Waals surface area contributed by atoms with Crippen LogP contribution in [0.5, 0.6) is 0 Å². The van der Waals surface area contributed by atoms with Crippen LogP contribution in [0.4, 0.5) is 4.79 Å². The summed E-state index contributed by atoms with van der Waals surface area (Å²) in [5.41, 5.74) is 5.17. The van der Waals surface area contributed by atoms with Crippen molar-refractivity contribution >= 4 is 17.7 Å². The molecule has 0 bridgehead atoms. The van der Waals surface area contributed by atoms with E-state index in [-0.39, 0.29) is 0 Å². The predicted molar refractivity (Wildman–Crippen MR) is 59.1 cm³/mol. The van der Waals surface area contributed by atoms with Crippen LogP contribution in [0.15, 0.2) is 23.4 Å². The molecule has 1 amide bonds. The summed E-state index contributed by atoms with van der Waals surface area (Å²) in [5, 5.41) is 0.516. The highest BCUT2D eigenvalue weighted by Gasteiger charge is 2.25. The molecule has 0 radical (unpaired) electrons. The van der Waals surface area contributed by atoms with Gasteiger partial charge in [0.25, 0.3) is 0 Å². The largest absolute Gasteiger partial charge is 0.443 e. The van der Waals surface area contributed by atoms with Gasteiger partial charge in [-0.1, -0.05) is 11.6 Å². The number of nitrogens with zero attached hydrogens (tertiary/aromatic N) is 1. The van der Waals surface area contributed by atoms with Gasteiger partial charge < -0.3 is 10.5 Å². The number of allylic oxidation sites excluding steroid dienone is 2. The van der Waals surface area contributed by atoms with Gasteiger partial charge in [-0.15, -0.1) is 0 Å². The second-order valence-corrected chi connectivity index (χ2v) is 4.68. The van der Waals surface area contributed by atoms with E-state index in [1.807, 2.05) is 0 Å². The van der Waals surface area contributed by atoms with Crippen molar-refractivity contribution in [3.05, 3.63) is 23.4 Å². The van der Waals surface area contributed by atoms with Gasteiger partial charge in [-0.25, -0.2) is 4.79 Å². The number of nitrogens with two attached hydrogens (primary N) is 1. The molecule has 84 valence electrons. The number of hydrogen-bond acceptors (Lipinski definition) is 3. The Labute approximate surface area is 94.3 Å². The average Bonchev–Trinajstić information content (AvgIpc) is 1.99. The van der Waals surface area contributed by atoms with Crippen LogP contribution < -0.4 is 5.73 Å². The topological polar surface area (TPSA) is 55.6 Å². The zero-order valence-electron chi connectivity index (χ0n) is 9.03. The van der Waals surface area contributed by atoms with Crippen molar-refractivity contribution in [2.45, 2.75) is 32.5 Å². The second-order valence-electron chi connectivity index (χ2n) is 4.25. The maximum absolute atomic E-state index is 11.6. The van der Waals surface area contributed by atoms with Crippen molar-refractivity contribution in [3.63, 3.8) is 0 Å². The van der Waals surface area contributed by atoms with Gasteiger partial charge in [0.1, 0.15) is 11.8 Å². The summed E-state index contributed by atoms with van der Waals surface area (Å²) >= 11 is 5.73. The van der Waals surface area contributed by atoms with Gasteiger partial charge in [0.2, 0.25) is 0 Å². The first-order valence-corrected chi connectivity index (χ1v) is 5.00. The Morgan fingerprint density at radius 1 is 1.60 bits per heavy atom. The van der Waals surface area contributed by atoms with Crippen LogP contribution in [0, 0.1) is 0 Å². The van der Waals surface area contributed by atoms with E-state index in [1.165, 1.54) is 11.1 Å². The van der Waals surface area contributed by atoms with Crippen LogP contribution in [-0.2, 0) is 4.74 Å². The Kier molecular flexibility index (Phi) is 3.42.